The van der Waals surface area contributed by atoms with Crippen LogP contribution in [-0.4, -0.2) is 55.2 Å². The molecule has 34 heavy (non-hydrogen) atoms. The highest BCUT2D eigenvalue weighted by Gasteiger charge is 2.23. The first-order valence-corrected chi connectivity index (χ1v) is 12.3. The Hall–Kier alpha value is -3.26. The van der Waals surface area contributed by atoms with Crippen LogP contribution in [0.3, 0.4) is 0 Å². The highest BCUT2D eigenvalue weighted by atomic mass is 32.1. The van der Waals surface area contributed by atoms with E-state index in [1.54, 1.807) is 22.3 Å². The first-order chi connectivity index (χ1) is 16.7. The van der Waals surface area contributed by atoms with Crippen LogP contribution >= 0.6 is 11.3 Å². The van der Waals surface area contributed by atoms with Crippen molar-refractivity contribution in [3.05, 3.63) is 83.9 Å². The van der Waals surface area contributed by atoms with Crippen molar-refractivity contribution in [1.29, 1.82) is 0 Å². The molecule has 0 unspecified atom stereocenters. The van der Waals surface area contributed by atoms with E-state index >= 15 is 0 Å². The number of anilines is 1. The number of ether oxygens (including phenoxy) is 2. The Bertz CT molecular complexity index is 1270. The van der Waals surface area contributed by atoms with Gasteiger partial charge in [-0.1, -0.05) is 41.7 Å². The van der Waals surface area contributed by atoms with Crippen molar-refractivity contribution in [2.75, 3.05) is 44.3 Å². The van der Waals surface area contributed by atoms with Crippen molar-refractivity contribution in [2.24, 2.45) is 0 Å². The van der Waals surface area contributed by atoms with E-state index in [1.807, 2.05) is 54.6 Å². The molecule has 4 aromatic rings. The topological polar surface area (TPSA) is 54.9 Å². The van der Waals surface area contributed by atoms with Crippen molar-refractivity contribution in [2.45, 2.75) is 6.92 Å². The lowest BCUT2D eigenvalue weighted by atomic mass is 10.2. The zero-order valence-electron chi connectivity index (χ0n) is 19.1. The van der Waals surface area contributed by atoms with Crippen molar-refractivity contribution >= 4 is 32.6 Å². The van der Waals surface area contributed by atoms with E-state index in [-0.39, 0.29) is 5.91 Å². The molecule has 0 bridgehead atoms. The maximum atomic E-state index is 13.8. The minimum Gasteiger partial charge on any atom is -0.457 e. The van der Waals surface area contributed by atoms with Gasteiger partial charge in [0.05, 0.1) is 23.4 Å². The number of para-hydroxylation sites is 1. The van der Waals surface area contributed by atoms with E-state index in [9.17, 15) is 4.79 Å². The number of morpholine rings is 1. The average Bonchev–Trinajstić information content (AvgIpc) is 3.28. The number of rotatable bonds is 7. The number of aromatic nitrogens is 1. The zero-order valence-corrected chi connectivity index (χ0v) is 20.0. The van der Waals surface area contributed by atoms with Crippen LogP contribution < -0.4 is 9.64 Å². The van der Waals surface area contributed by atoms with E-state index in [2.05, 4.69) is 24.0 Å². The molecule has 1 fully saturated rings. The molecule has 1 amide bonds. The van der Waals surface area contributed by atoms with Gasteiger partial charge in [-0.3, -0.25) is 14.6 Å². The number of aryl methyl sites for hydroxylation is 1. The van der Waals surface area contributed by atoms with E-state index in [0.29, 0.717) is 23.0 Å². The lowest BCUT2D eigenvalue weighted by Crippen LogP contribution is -2.43. The number of hydrogen-bond donors (Lipinski definition) is 0. The maximum absolute atomic E-state index is 13.8. The van der Waals surface area contributed by atoms with Crippen molar-refractivity contribution in [3.8, 4) is 11.5 Å². The van der Waals surface area contributed by atoms with Gasteiger partial charge in [-0.05, 0) is 55.0 Å². The summed E-state index contributed by atoms with van der Waals surface area (Å²) in [4.78, 5) is 22.7. The number of amides is 1. The number of thiazole rings is 1. The van der Waals surface area contributed by atoms with Gasteiger partial charge in [0.25, 0.3) is 5.91 Å². The van der Waals surface area contributed by atoms with E-state index in [0.717, 1.165) is 48.8 Å². The molecule has 0 atom stereocenters. The Labute approximate surface area is 203 Å². The summed E-state index contributed by atoms with van der Waals surface area (Å²) in [5.74, 6) is 1.28. The van der Waals surface area contributed by atoms with Gasteiger partial charge in [-0.2, -0.15) is 0 Å². The summed E-state index contributed by atoms with van der Waals surface area (Å²) in [6.07, 6.45) is 0. The Balaban J connectivity index is 1.42. The maximum Gasteiger partial charge on any atom is 0.260 e. The minimum atomic E-state index is -0.0810. The monoisotopic (exact) mass is 473 g/mol. The molecule has 0 aliphatic carbocycles. The Morgan fingerprint density at radius 2 is 1.82 bits per heavy atom. The van der Waals surface area contributed by atoms with Gasteiger partial charge < -0.3 is 9.47 Å². The van der Waals surface area contributed by atoms with Crippen LogP contribution in [0, 0.1) is 6.92 Å². The van der Waals surface area contributed by atoms with Crippen molar-refractivity contribution in [3.63, 3.8) is 0 Å². The highest BCUT2D eigenvalue weighted by molar-refractivity contribution is 7.22. The quantitative estimate of drug-likeness (QED) is 0.361. The van der Waals surface area contributed by atoms with Gasteiger partial charge in [0.15, 0.2) is 5.13 Å². The third-order valence-electron chi connectivity index (χ3n) is 5.81. The number of carbonyl (C=O) groups is 1. The van der Waals surface area contributed by atoms with Crippen LogP contribution in [0.1, 0.15) is 15.9 Å². The third kappa shape index (κ3) is 5.28. The number of hydrogen-bond acceptors (Lipinski definition) is 6. The summed E-state index contributed by atoms with van der Waals surface area (Å²) in [6, 6.07) is 23.1. The molecule has 6 nitrogen and oxygen atoms in total. The van der Waals surface area contributed by atoms with Gasteiger partial charge in [-0.25, -0.2) is 4.98 Å². The summed E-state index contributed by atoms with van der Waals surface area (Å²) in [6.45, 7) is 6.60. The second-order valence-corrected chi connectivity index (χ2v) is 9.33. The fourth-order valence-corrected chi connectivity index (χ4v) is 5.05. The number of fused-ring (bicyclic) bond motifs is 1. The lowest BCUT2D eigenvalue weighted by Gasteiger charge is -2.29. The van der Waals surface area contributed by atoms with Crippen LogP contribution in [0.4, 0.5) is 5.13 Å². The Morgan fingerprint density at radius 3 is 2.65 bits per heavy atom. The van der Waals surface area contributed by atoms with E-state index in [1.165, 1.54) is 5.56 Å². The molecule has 0 saturated carbocycles. The molecule has 7 heteroatoms. The SMILES string of the molecule is Cc1ccc2nc(N(CCN3CCOCC3)C(=O)c3cccc(Oc4ccccc4)c3)sc2c1. The van der Waals surface area contributed by atoms with Gasteiger partial charge in [0.1, 0.15) is 11.5 Å². The fraction of sp³-hybridized carbons (Fsp3) is 0.259. The molecular formula is C27H27N3O3S. The molecule has 1 aromatic heterocycles. The number of benzene rings is 3. The van der Waals surface area contributed by atoms with Crippen molar-refractivity contribution < 1.29 is 14.3 Å². The molecule has 1 aliphatic heterocycles. The number of nitrogens with zero attached hydrogens (tertiary/aromatic N) is 3. The van der Waals surface area contributed by atoms with Crippen LogP contribution in [-0.2, 0) is 4.74 Å². The van der Waals surface area contributed by atoms with Gasteiger partial charge in [0, 0.05) is 31.7 Å². The van der Waals surface area contributed by atoms with Crippen molar-refractivity contribution in [1.82, 2.24) is 9.88 Å². The predicted molar refractivity (Wildman–Crippen MR) is 136 cm³/mol. The first-order valence-electron chi connectivity index (χ1n) is 11.5. The van der Waals surface area contributed by atoms with Gasteiger partial charge in [0.2, 0.25) is 0 Å². The van der Waals surface area contributed by atoms with Crippen LogP contribution in [0.15, 0.2) is 72.8 Å². The Kier molecular flexibility index (Phi) is 6.85. The molecular weight excluding hydrogens is 446 g/mol. The molecule has 0 N–H and O–H groups in total. The van der Waals surface area contributed by atoms with Gasteiger partial charge >= 0.3 is 0 Å². The molecule has 3 aromatic carbocycles. The Morgan fingerprint density at radius 1 is 1.03 bits per heavy atom. The summed E-state index contributed by atoms with van der Waals surface area (Å²) < 4.78 is 12.5. The molecule has 1 aliphatic rings. The van der Waals surface area contributed by atoms with Crippen LogP contribution in [0.2, 0.25) is 0 Å². The highest BCUT2D eigenvalue weighted by Crippen LogP contribution is 2.31. The summed E-state index contributed by atoms with van der Waals surface area (Å²) in [5.41, 5.74) is 2.67. The third-order valence-corrected chi connectivity index (χ3v) is 6.85. The molecule has 0 spiro atoms. The first kappa shape index (κ1) is 22.5. The summed E-state index contributed by atoms with van der Waals surface area (Å²) in [5, 5.41) is 0.716. The molecule has 5 rings (SSSR count). The standard InChI is InChI=1S/C27H27N3O3S/c1-20-10-11-24-25(18-20)34-27(28-24)30(13-12-29-14-16-32-17-15-29)26(31)21-6-5-9-23(19-21)33-22-7-3-2-4-8-22/h2-11,18-19H,12-17H2,1H3. The lowest BCUT2D eigenvalue weighted by molar-refractivity contribution is 0.0391. The van der Waals surface area contributed by atoms with Crippen LogP contribution in [0.25, 0.3) is 10.2 Å². The second-order valence-electron chi connectivity index (χ2n) is 8.32. The fourth-order valence-electron chi connectivity index (χ4n) is 3.96. The summed E-state index contributed by atoms with van der Waals surface area (Å²) >= 11 is 1.56. The minimum absolute atomic E-state index is 0.0810. The molecule has 0 radical (unpaired) electrons. The predicted octanol–water partition coefficient (Wildman–Crippen LogP) is 5.38. The second kappa shape index (κ2) is 10.3. The molecule has 2 heterocycles. The zero-order chi connectivity index (χ0) is 23.3. The summed E-state index contributed by atoms with van der Waals surface area (Å²) in [7, 11) is 0. The van der Waals surface area contributed by atoms with E-state index in [4.69, 9.17) is 14.5 Å². The molecule has 174 valence electrons. The largest absolute Gasteiger partial charge is 0.457 e. The smallest absolute Gasteiger partial charge is 0.260 e. The molecule has 1 saturated heterocycles. The van der Waals surface area contributed by atoms with E-state index < -0.39 is 0 Å². The van der Waals surface area contributed by atoms with Crippen LogP contribution in [0.5, 0.6) is 11.5 Å². The average molecular weight is 474 g/mol. The van der Waals surface area contributed by atoms with Gasteiger partial charge in [-0.15, -0.1) is 0 Å². The normalized spacial score (nSPS) is 14.3. The number of carbonyl (C=O) groups excluding carboxylic acids is 1.